The van der Waals surface area contributed by atoms with Gasteiger partial charge in [0.25, 0.3) is 0 Å². The van der Waals surface area contributed by atoms with Gasteiger partial charge >= 0.3 is 0 Å². The molecule has 0 atom stereocenters. The van der Waals surface area contributed by atoms with Crippen molar-refractivity contribution in [1.29, 1.82) is 0 Å². The lowest BCUT2D eigenvalue weighted by molar-refractivity contribution is 0.669. The van der Waals surface area contributed by atoms with E-state index in [0.29, 0.717) is 33.9 Å². The summed E-state index contributed by atoms with van der Waals surface area (Å²) >= 11 is 0. The van der Waals surface area contributed by atoms with Crippen LogP contribution < -0.4 is 0 Å². The first-order valence-electron chi connectivity index (χ1n) is 19.1. The highest BCUT2D eigenvalue weighted by Gasteiger charge is 2.17. The van der Waals surface area contributed by atoms with E-state index in [1.165, 1.54) is 0 Å². The SMILES string of the molecule is [2H]c1c([2H])c([2H])c2c(oc3c([2H])c(-c4nc(-c5ccccc5)nc(-c5ccc6oc7ccccc7c6c5)n4)c([2H])c([2H])c32)c1-c1cccc(-c2ccccc2)c1. The Morgan fingerprint density at radius 3 is 1.92 bits per heavy atom. The Labute approximate surface area is 295 Å². The molecule has 0 fully saturated rings. The van der Waals surface area contributed by atoms with Gasteiger partial charge in [-0.05, 0) is 59.1 Å². The molecule has 50 heavy (non-hydrogen) atoms. The molecular formula is C45H27N3O2. The van der Waals surface area contributed by atoms with Crippen molar-refractivity contribution in [3.63, 3.8) is 0 Å². The molecule has 10 aromatic rings. The zero-order chi connectivity index (χ0) is 38.2. The van der Waals surface area contributed by atoms with Gasteiger partial charge in [-0.25, -0.2) is 15.0 Å². The highest BCUT2D eigenvalue weighted by atomic mass is 16.3. The van der Waals surface area contributed by atoms with Gasteiger partial charge in [0.15, 0.2) is 17.5 Å². The second-order valence-corrected chi connectivity index (χ2v) is 11.9. The Balaban J connectivity index is 1.22. The highest BCUT2D eigenvalue weighted by Crippen LogP contribution is 2.39. The van der Waals surface area contributed by atoms with E-state index in [4.69, 9.17) is 27.9 Å². The van der Waals surface area contributed by atoms with E-state index in [1.807, 2.05) is 121 Å². The molecule has 0 spiro atoms. The van der Waals surface area contributed by atoms with Gasteiger partial charge in [-0.15, -0.1) is 0 Å². The normalized spacial score (nSPS) is 13.3. The van der Waals surface area contributed by atoms with Gasteiger partial charge < -0.3 is 8.83 Å². The van der Waals surface area contributed by atoms with Gasteiger partial charge in [-0.3, -0.25) is 0 Å². The van der Waals surface area contributed by atoms with Gasteiger partial charge in [0, 0.05) is 43.8 Å². The number of aromatic nitrogens is 3. The van der Waals surface area contributed by atoms with Crippen LogP contribution in [0.3, 0.4) is 0 Å². The summed E-state index contributed by atoms with van der Waals surface area (Å²) in [6, 6.07) is 38.2. The molecule has 0 aliphatic heterocycles. The lowest BCUT2D eigenvalue weighted by atomic mass is 9.97. The second-order valence-electron chi connectivity index (χ2n) is 11.9. The van der Waals surface area contributed by atoms with E-state index in [2.05, 4.69) is 0 Å². The quantitative estimate of drug-likeness (QED) is 0.186. The lowest BCUT2D eigenvalue weighted by Crippen LogP contribution is -2.00. The Bertz CT molecular complexity index is 3220. The van der Waals surface area contributed by atoms with Gasteiger partial charge in [0.1, 0.15) is 22.3 Å². The maximum atomic E-state index is 9.51. The summed E-state index contributed by atoms with van der Waals surface area (Å²) in [5, 5.41) is 1.96. The Morgan fingerprint density at radius 2 is 1.08 bits per heavy atom. The molecule has 0 aliphatic rings. The van der Waals surface area contributed by atoms with Crippen molar-refractivity contribution in [2.45, 2.75) is 0 Å². The van der Waals surface area contributed by atoms with Crippen LogP contribution in [-0.2, 0) is 0 Å². The zero-order valence-corrected chi connectivity index (χ0v) is 26.3. The van der Waals surface area contributed by atoms with Crippen LogP contribution in [0.1, 0.15) is 8.22 Å². The standard InChI is InChI=1S/C45H27N3O2/c1-3-11-28(12-4-1)30-15-9-16-31(25-30)34-18-10-19-37-36-23-21-33(27-41(36)50-42(34)37)45-47-43(29-13-5-2-6-14-29)46-44(48-45)32-22-24-40-38(26-32)35-17-7-8-20-39(35)49-40/h1-27H/i10D,18D,19D,21D,23D,27D. The molecule has 0 amide bonds. The van der Waals surface area contributed by atoms with E-state index in [0.717, 1.165) is 27.5 Å². The molecule has 5 nitrogen and oxygen atoms in total. The minimum Gasteiger partial charge on any atom is -0.456 e. The third kappa shape index (κ3) is 4.75. The molecule has 5 heteroatoms. The van der Waals surface area contributed by atoms with E-state index in [1.54, 1.807) is 6.07 Å². The molecule has 0 radical (unpaired) electrons. The van der Waals surface area contributed by atoms with Crippen molar-refractivity contribution in [3.8, 4) is 56.4 Å². The second kappa shape index (κ2) is 11.4. The van der Waals surface area contributed by atoms with Crippen LogP contribution in [0.4, 0.5) is 0 Å². The summed E-state index contributed by atoms with van der Waals surface area (Å²) in [5.41, 5.74) is 5.46. The molecular weight excluding hydrogens is 615 g/mol. The average Bonchev–Trinajstić information content (AvgIpc) is 3.82. The van der Waals surface area contributed by atoms with Crippen LogP contribution in [0.15, 0.2) is 172 Å². The first-order valence-corrected chi connectivity index (χ1v) is 16.1. The maximum Gasteiger partial charge on any atom is 0.164 e. The Morgan fingerprint density at radius 1 is 0.400 bits per heavy atom. The summed E-state index contributed by atoms with van der Waals surface area (Å²) < 4.78 is 67.3. The molecule has 3 heterocycles. The van der Waals surface area contributed by atoms with Gasteiger partial charge in [-0.1, -0.05) is 121 Å². The monoisotopic (exact) mass is 647 g/mol. The van der Waals surface area contributed by atoms with Crippen LogP contribution in [0.5, 0.6) is 0 Å². The van der Waals surface area contributed by atoms with Gasteiger partial charge in [0.2, 0.25) is 0 Å². The number of hydrogen-bond acceptors (Lipinski definition) is 5. The number of para-hydroxylation sites is 2. The van der Waals surface area contributed by atoms with Crippen molar-refractivity contribution >= 4 is 43.9 Å². The molecule has 0 saturated heterocycles. The van der Waals surface area contributed by atoms with E-state index in [9.17, 15) is 4.11 Å². The summed E-state index contributed by atoms with van der Waals surface area (Å²) in [4.78, 5) is 14.4. The molecule has 10 rings (SSSR count). The number of benzene rings is 7. The summed E-state index contributed by atoms with van der Waals surface area (Å²) in [6.07, 6.45) is 0. The van der Waals surface area contributed by atoms with E-state index in [-0.39, 0.29) is 75.1 Å². The predicted octanol–water partition coefficient (Wildman–Crippen LogP) is 12.0. The fraction of sp³-hybridized carbons (Fsp3) is 0. The Kier molecular flexibility index (Phi) is 5.17. The first kappa shape index (κ1) is 22.7. The highest BCUT2D eigenvalue weighted by molar-refractivity contribution is 6.10. The van der Waals surface area contributed by atoms with Crippen LogP contribution in [0.2, 0.25) is 0 Å². The van der Waals surface area contributed by atoms with Crippen LogP contribution >= 0.6 is 0 Å². The molecule has 3 aromatic heterocycles. The predicted molar refractivity (Wildman–Crippen MR) is 202 cm³/mol. The number of hydrogen-bond donors (Lipinski definition) is 0. The lowest BCUT2D eigenvalue weighted by Gasteiger charge is -2.08. The fourth-order valence-electron chi connectivity index (χ4n) is 6.41. The fourth-order valence-corrected chi connectivity index (χ4v) is 6.41. The molecule has 234 valence electrons. The van der Waals surface area contributed by atoms with Crippen molar-refractivity contribution in [2.75, 3.05) is 0 Å². The van der Waals surface area contributed by atoms with Crippen LogP contribution in [0.25, 0.3) is 100 Å². The molecule has 0 unspecified atom stereocenters. The van der Waals surface area contributed by atoms with Crippen LogP contribution in [0, 0.1) is 0 Å². The first-order chi connectivity index (χ1) is 27.3. The minimum absolute atomic E-state index is 0.00102. The van der Waals surface area contributed by atoms with Crippen molar-refractivity contribution in [2.24, 2.45) is 0 Å². The number of fused-ring (bicyclic) bond motifs is 6. The topological polar surface area (TPSA) is 65.0 Å². The minimum atomic E-state index is -0.348. The van der Waals surface area contributed by atoms with Crippen molar-refractivity contribution < 1.29 is 17.1 Å². The molecule has 7 aromatic carbocycles. The largest absolute Gasteiger partial charge is 0.456 e. The molecule has 0 aliphatic carbocycles. The van der Waals surface area contributed by atoms with Gasteiger partial charge in [0.05, 0.1) is 8.22 Å². The number of furan rings is 2. The van der Waals surface area contributed by atoms with Gasteiger partial charge in [-0.2, -0.15) is 0 Å². The number of nitrogens with zero attached hydrogens (tertiary/aromatic N) is 3. The zero-order valence-electron chi connectivity index (χ0n) is 32.3. The number of rotatable bonds is 5. The maximum absolute atomic E-state index is 9.51. The molecule has 0 N–H and O–H groups in total. The van der Waals surface area contributed by atoms with Crippen molar-refractivity contribution in [1.82, 2.24) is 15.0 Å². The molecule has 0 saturated carbocycles. The third-order valence-electron chi connectivity index (χ3n) is 8.85. The third-order valence-corrected chi connectivity index (χ3v) is 8.85. The summed E-state index contributed by atoms with van der Waals surface area (Å²) in [6.45, 7) is 0. The average molecular weight is 648 g/mol. The van der Waals surface area contributed by atoms with E-state index >= 15 is 0 Å². The van der Waals surface area contributed by atoms with E-state index < -0.39 is 0 Å². The summed E-state index contributed by atoms with van der Waals surface area (Å²) in [5.74, 6) is 0.605. The smallest absolute Gasteiger partial charge is 0.164 e. The Hall–Kier alpha value is -6.85. The van der Waals surface area contributed by atoms with Crippen LogP contribution in [-0.4, -0.2) is 15.0 Å². The van der Waals surface area contributed by atoms with Crippen molar-refractivity contribution in [3.05, 3.63) is 164 Å². The molecule has 0 bridgehead atoms. The summed E-state index contributed by atoms with van der Waals surface area (Å²) in [7, 11) is 0.